The largest absolute Gasteiger partial charge is 1.00 e. The van der Waals surface area contributed by atoms with E-state index in [9.17, 15) is 0 Å². The Kier molecular flexibility index (Phi) is 3.79. The Hall–Kier alpha value is 0.160. The summed E-state index contributed by atoms with van der Waals surface area (Å²) in [6.45, 7) is 8.23. The summed E-state index contributed by atoms with van der Waals surface area (Å²) in [6.07, 6.45) is 4.31. The van der Waals surface area contributed by atoms with Crippen molar-refractivity contribution in [2.45, 2.75) is 0 Å². The molecule has 0 spiro atoms. The Morgan fingerprint density at radius 1 is 0.938 bits per heavy atom. The van der Waals surface area contributed by atoms with Crippen molar-refractivity contribution in [2.75, 3.05) is 52.4 Å². The molecule has 6 heteroatoms. The molecule has 0 unspecified atom stereocenters. The molecule has 4 aliphatic rings. The normalized spacial score (nSPS) is 44.9. The first-order valence-corrected chi connectivity index (χ1v) is 6.06. The Labute approximate surface area is 108 Å². The molecular formula is C10H18Cl2N4. The fourth-order valence-electron chi connectivity index (χ4n) is 3.19. The molecule has 4 heterocycles. The number of alkyl halides is 1. The summed E-state index contributed by atoms with van der Waals surface area (Å²) in [7, 11) is 0. The number of quaternary nitrogens is 1. The summed E-state index contributed by atoms with van der Waals surface area (Å²) >= 11 is 5.66. The summed E-state index contributed by atoms with van der Waals surface area (Å²) in [5, 5.41) is 0. The number of hydrogen-bond donors (Lipinski definition) is 0. The molecule has 0 amide bonds. The molecule has 4 rings (SSSR count). The van der Waals surface area contributed by atoms with E-state index in [0.29, 0.717) is 5.88 Å². The maximum Gasteiger partial charge on any atom is 0.139 e. The minimum atomic E-state index is 0. The number of hydrogen-bond acceptors (Lipinski definition) is 3. The second-order valence-electron chi connectivity index (χ2n) is 5.01. The van der Waals surface area contributed by atoms with E-state index in [1.807, 2.05) is 0 Å². The lowest BCUT2D eigenvalue weighted by Gasteiger charge is -2.60. The second-order valence-corrected chi connectivity index (χ2v) is 5.32. The van der Waals surface area contributed by atoms with Crippen molar-refractivity contribution in [1.82, 2.24) is 14.7 Å². The first-order valence-electron chi connectivity index (χ1n) is 5.53. The van der Waals surface area contributed by atoms with Crippen molar-refractivity contribution in [3.63, 3.8) is 0 Å². The lowest BCUT2D eigenvalue weighted by molar-refractivity contribution is -0.975. The smallest absolute Gasteiger partial charge is 0.139 e. The summed E-state index contributed by atoms with van der Waals surface area (Å²) < 4.78 is 1.17. The van der Waals surface area contributed by atoms with Crippen LogP contribution in [0.4, 0.5) is 0 Å². The van der Waals surface area contributed by atoms with Gasteiger partial charge < -0.3 is 12.4 Å². The highest BCUT2D eigenvalue weighted by Gasteiger charge is 2.47. The van der Waals surface area contributed by atoms with Crippen LogP contribution in [0.3, 0.4) is 0 Å². The van der Waals surface area contributed by atoms with Gasteiger partial charge in [-0.15, -0.1) is 11.6 Å². The van der Waals surface area contributed by atoms with Gasteiger partial charge in [-0.1, -0.05) is 6.08 Å². The van der Waals surface area contributed by atoms with Crippen LogP contribution in [-0.2, 0) is 0 Å². The quantitative estimate of drug-likeness (QED) is 0.312. The molecule has 4 fully saturated rings. The average molecular weight is 265 g/mol. The predicted molar refractivity (Wildman–Crippen MR) is 59.7 cm³/mol. The Bertz CT molecular complexity index is 247. The molecule has 0 aromatic rings. The van der Waals surface area contributed by atoms with E-state index in [0.717, 1.165) is 26.6 Å². The van der Waals surface area contributed by atoms with Crippen molar-refractivity contribution in [3.8, 4) is 0 Å². The van der Waals surface area contributed by atoms with Crippen LogP contribution < -0.4 is 12.4 Å². The van der Waals surface area contributed by atoms with Crippen molar-refractivity contribution in [1.29, 1.82) is 0 Å². The molecule has 4 nitrogen and oxygen atoms in total. The molecule has 0 aromatic carbocycles. The van der Waals surface area contributed by atoms with Crippen molar-refractivity contribution in [3.05, 3.63) is 12.2 Å². The van der Waals surface area contributed by atoms with E-state index in [2.05, 4.69) is 26.9 Å². The molecule has 0 radical (unpaired) electrons. The maximum absolute atomic E-state index is 5.66. The van der Waals surface area contributed by atoms with Crippen LogP contribution in [-0.4, -0.2) is 71.6 Å². The van der Waals surface area contributed by atoms with Gasteiger partial charge in [-0.05, 0) is 6.08 Å². The molecule has 0 saturated carbocycles. The lowest BCUT2D eigenvalue weighted by Crippen LogP contribution is -3.00. The third-order valence-corrected chi connectivity index (χ3v) is 3.63. The highest BCUT2D eigenvalue weighted by atomic mass is 35.5. The van der Waals surface area contributed by atoms with Crippen LogP contribution in [0.2, 0.25) is 0 Å². The zero-order chi connectivity index (χ0) is 10.3. The maximum atomic E-state index is 5.66. The minimum absolute atomic E-state index is 0. The van der Waals surface area contributed by atoms with Crippen LogP contribution in [0.1, 0.15) is 0 Å². The zero-order valence-corrected chi connectivity index (χ0v) is 10.9. The number of allylic oxidation sites excluding steroid dienone is 1. The van der Waals surface area contributed by atoms with E-state index < -0.39 is 0 Å². The Morgan fingerprint density at radius 2 is 1.44 bits per heavy atom. The molecule has 0 atom stereocenters. The zero-order valence-electron chi connectivity index (χ0n) is 9.36. The summed E-state index contributed by atoms with van der Waals surface area (Å²) in [4.78, 5) is 7.60. The topological polar surface area (TPSA) is 9.72 Å². The van der Waals surface area contributed by atoms with Crippen LogP contribution in [0.25, 0.3) is 0 Å². The minimum Gasteiger partial charge on any atom is -1.00 e. The Morgan fingerprint density at radius 3 is 1.88 bits per heavy atom. The van der Waals surface area contributed by atoms with Crippen molar-refractivity contribution in [2.24, 2.45) is 0 Å². The molecule has 0 aliphatic carbocycles. The lowest BCUT2D eigenvalue weighted by atomic mass is 10.3. The first-order chi connectivity index (χ1) is 7.30. The summed E-state index contributed by atoms with van der Waals surface area (Å²) in [6, 6.07) is 0. The van der Waals surface area contributed by atoms with Crippen LogP contribution >= 0.6 is 11.6 Å². The van der Waals surface area contributed by atoms with E-state index in [-0.39, 0.29) is 12.4 Å². The van der Waals surface area contributed by atoms with Gasteiger partial charge in [-0.2, -0.15) is 0 Å². The fourth-order valence-corrected chi connectivity index (χ4v) is 3.32. The fraction of sp³-hybridized carbons (Fsp3) is 0.800. The van der Waals surface area contributed by atoms with Gasteiger partial charge in [-0.3, -0.25) is 4.48 Å². The first kappa shape index (κ1) is 12.6. The second kappa shape index (κ2) is 4.80. The number of halogens is 2. The monoisotopic (exact) mass is 264 g/mol. The van der Waals surface area contributed by atoms with E-state index in [4.69, 9.17) is 11.6 Å². The van der Waals surface area contributed by atoms with Gasteiger partial charge in [0.15, 0.2) is 0 Å². The van der Waals surface area contributed by atoms with Crippen molar-refractivity contribution < 1.29 is 16.9 Å². The van der Waals surface area contributed by atoms with Crippen LogP contribution in [0, 0.1) is 0 Å². The third-order valence-electron chi connectivity index (χ3n) is 3.45. The molecule has 0 aromatic heterocycles. The highest BCUT2D eigenvalue weighted by Crippen LogP contribution is 2.28. The molecule has 4 saturated heterocycles. The van der Waals surface area contributed by atoms with Gasteiger partial charge in [0.2, 0.25) is 0 Å². The molecule has 92 valence electrons. The van der Waals surface area contributed by atoms with Gasteiger partial charge >= 0.3 is 0 Å². The van der Waals surface area contributed by atoms with Gasteiger partial charge in [0.25, 0.3) is 0 Å². The molecule has 16 heavy (non-hydrogen) atoms. The van der Waals surface area contributed by atoms with Crippen LogP contribution in [0.5, 0.6) is 0 Å². The van der Waals surface area contributed by atoms with Gasteiger partial charge in [-0.25, -0.2) is 14.7 Å². The number of rotatable bonds is 3. The van der Waals surface area contributed by atoms with Crippen LogP contribution in [0.15, 0.2) is 12.2 Å². The SMILES string of the molecule is ClCC=CC[N+]12CN3CN(CN(C3)C1)C2.[Cl-]. The van der Waals surface area contributed by atoms with Crippen molar-refractivity contribution >= 4 is 11.6 Å². The van der Waals surface area contributed by atoms with E-state index in [1.54, 1.807) is 0 Å². The summed E-state index contributed by atoms with van der Waals surface area (Å²) in [5.74, 6) is 0.636. The van der Waals surface area contributed by atoms with E-state index >= 15 is 0 Å². The van der Waals surface area contributed by atoms with Gasteiger partial charge in [0.05, 0.1) is 20.0 Å². The predicted octanol–water partition coefficient (Wildman–Crippen LogP) is -2.71. The molecule has 4 aliphatic heterocycles. The van der Waals surface area contributed by atoms with Gasteiger partial charge in [0, 0.05) is 5.88 Å². The number of nitrogens with zero attached hydrogens (tertiary/aromatic N) is 4. The van der Waals surface area contributed by atoms with E-state index in [1.165, 1.54) is 24.5 Å². The average Bonchev–Trinajstić information content (AvgIpc) is 2.15. The van der Waals surface area contributed by atoms with Gasteiger partial charge in [0.1, 0.15) is 26.6 Å². The summed E-state index contributed by atoms with van der Waals surface area (Å²) in [5.41, 5.74) is 0. The highest BCUT2D eigenvalue weighted by molar-refractivity contribution is 6.18. The molecule has 0 N–H and O–H groups in total. The molecular weight excluding hydrogens is 247 g/mol. The standard InChI is InChI=1S/C10H18ClN4.ClH/c11-3-1-2-4-15-8-12-5-13(9-15)7-14(6-12)10-15;/h1-2H,3-10H2;1H/q+1;/p-1. The molecule has 4 bridgehead atoms. The third kappa shape index (κ3) is 2.23. The Balaban J connectivity index is 0.000000963.